The number of carboxylic acids is 1. The second-order valence-electron chi connectivity index (χ2n) is 3.05. The zero-order chi connectivity index (χ0) is 11.4. The molecule has 1 heterocycles. The second-order valence-corrected chi connectivity index (χ2v) is 3.44. The summed E-state index contributed by atoms with van der Waals surface area (Å²) in [6, 6.07) is 0.907. The molecule has 0 spiro atoms. The minimum Gasteiger partial charge on any atom is -0.480 e. The van der Waals surface area contributed by atoms with Crippen LogP contribution >= 0.6 is 11.6 Å². The molecule has 1 N–H and O–H groups in total. The van der Waals surface area contributed by atoms with E-state index >= 15 is 0 Å². The van der Waals surface area contributed by atoms with Crippen molar-refractivity contribution in [1.82, 2.24) is 9.97 Å². The third kappa shape index (κ3) is 2.79. The van der Waals surface area contributed by atoms with Crippen molar-refractivity contribution in [1.29, 1.82) is 0 Å². The van der Waals surface area contributed by atoms with Gasteiger partial charge in [-0.05, 0) is 12.5 Å². The lowest BCUT2D eigenvalue weighted by Crippen LogP contribution is -2.38. The maximum absolute atomic E-state index is 10.9. The minimum atomic E-state index is -0.899. The first-order valence-electron chi connectivity index (χ1n) is 4.50. The number of aromatic nitrogens is 2. The Morgan fingerprint density at radius 3 is 2.87 bits per heavy atom. The normalized spacial score (nSPS) is 12.2. The predicted octanol–water partition coefficient (Wildman–Crippen LogP) is 1.43. The van der Waals surface area contributed by atoms with Gasteiger partial charge in [0.05, 0.1) is 0 Å². The smallest absolute Gasteiger partial charge is 0.326 e. The molecule has 6 heteroatoms. The van der Waals surface area contributed by atoms with Crippen LogP contribution in [0.25, 0.3) is 0 Å². The van der Waals surface area contributed by atoms with Gasteiger partial charge >= 0.3 is 5.97 Å². The molecule has 1 aromatic heterocycles. The molecule has 5 nitrogen and oxygen atoms in total. The van der Waals surface area contributed by atoms with Gasteiger partial charge in [-0.2, -0.15) is 0 Å². The number of rotatable bonds is 4. The van der Waals surface area contributed by atoms with Crippen molar-refractivity contribution >= 4 is 23.5 Å². The predicted molar refractivity (Wildman–Crippen MR) is 57.2 cm³/mol. The lowest BCUT2D eigenvalue weighted by molar-refractivity contribution is -0.138. The summed E-state index contributed by atoms with van der Waals surface area (Å²) in [4.78, 5) is 20.3. The number of halogens is 1. The van der Waals surface area contributed by atoms with Gasteiger partial charge in [0.2, 0.25) is 5.95 Å². The van der Waals surface area contributed by atoms with E-state index in [1.807, 2.05) is 0 Å². The number of likely N-dealkylation sites (N-methyl/N-ethyl adjacent to an activating group) is 1. The molecule has 0 aliphatic rings. The van der Waals surface area contributed by atoms with Crippen LogP contribution in [0, 0.1) is 0 Å². The molecule has 1 rings (SSSR count). The molecule has 0 aromatic carbocycles. The SMILES string of the molecule is CCC(C(=O)O)N(C)c1nccc(Cl)n1. The van der Waals surface area contributed by atoms with E-state index in [0.29, 0.717) is 17.5 Å². The summed E-state index contributed by atoms with van der Waals surface area (Å²) >= 11 is 5.69. The minimum absolute atomic E-state index is 0.298. The molecule has 0 saturated heterocycles. The molecular weight excluding hydrogens is 218 g/mol. The number of hydrogen-bond donors (Lipinski definition) is 1. The Balaban J connectivity index is 2.92. The molecule has 15 heavy (non-hydrogen) atoms. The molecule has 0 bridgehead atoms. The van der Waals surface area contributed by atoms with Gasteiger partial charge in [-0.1, -0.05) is 18.5 Å². The highest BCUT2D eigenvalue weighted by atomic mass is 35.5. The Labute approximate surface area is 92.7 Å². The van der Waals surface area contributed by atoms with E-state index < -0.39 is 12.0 Å². The number of carboxylic acid groups (broad SMARTS) is 1. The Bertz CT molecular complexity index is 359. The van der Waals surface area contributed by atoms with Gasteiger partial charge < -0.3 is 10.0 Å². The van der Waals surface area contributed by atoms with E-state index in [9.17, 15) is 4.79 Å². The second kappa shape index (κ2) is 4.93. The molecule has 0 saturated carbocycles. The first-order valence-corrected chi connectivity index (χ1v) is 4.88. The maximum Gasteiger partial charge on any atom is 0.326 e. The maximum atomic E-state index is 10.9. The lowest BCUT2D eigenvalue weighted by Gasteiger charge is -2.23. The molecule has 0 radical (unpaired) electrons. The summed E-state index contributed by atoms with van der Waals surface area (Å²) in [5, 5.41) is 9.24. The van der Waals surface area contributed by atoms with Gasteiger partial charge in [-0.15, -0.1) is 0 Å². The summed E-state index contributed by atoms with van der Waals surface area (Å²) < 4.78 is 0. The van der Waals surface area contributed by atoms with Crippen LogP contribution in [0.3, 0.4) is 0 Å². The molecule has 0 aliphatic heterocycles. The third-order valence-corrected chi connectivity index (χ3v) is 2.27. The standard InChI is InChI=1S/C9H12ClN3O2/c1-3-6(8(14)15)13(2)9-11-5-4-7(10)12-9/h4-6H,3H2,1-2H3,(H,14,15). The van der Waals surface area contributed by atoms with Gasteiger partial charge in [-0.3, -0.25) is 0 Å². The Morgan fingerprint density at radius 2 is 2.40 bits per heavy atom. The molecule has 0 aliphatic carbocycles. The van der Waals surface area contributed by atoms with E-state index in [0.717, 1.165) is 0 Å². The number of anilines is 1. The van der Waals surface area contributed by atoms with Crippen LogP contribution in [0.15, 0.2) is 12.3 Å². The number of carbonyl (C=O) groups is 1. The van der Waals surface area contributed by atoms with Crippen molar-refractivity contribution in [2.24, 2.45) is 0 Å². The van der Waals surface area contributed by atoms with Crippen LogP contribution in [-0.2, 0) is 4.79 Å². The number of aliphatic carboxylic acids is 1. The van der Waals surface area contributed by atoms with Crippen molar-refractivity contribution < 1.29 is 9.90 Å². The van der Waals surface area contributed by atoms with Crippen LogP contribution in [0.2, 0.25) is 5.15 Å². The van der Waals surface area contributed by atoms with E-state index in [-0.39, 0.29) is 0 Å². The van der Waals surface area contributed by atoms with Crippen LogP contribution in [-0.4, -0.2) is 34.1 Å². The zero-order valence-corrected chi connectivity index (χ0v) is 9.27. The summed E-state index contributed by atoms with van der Waals surface area (Å²) in [5.74, 6) is -0.583. The van der Waals surface area contributed by atoms with Gasteiger partial charge in [0.25, 0.3) is 0 Å². The van der Waals surface area contributed by atoms with Gasteiger partial charge in [0, 0.05) is 13.2 Å². The fourth-order valence-corrected chi connectivity index (χ4v) is 1.38. The van der Waals surface area contributed by atoms with E-state index in [4.69, 9.17) is 16.7 Å². The van der Waals surface area contributed by atoms with E-state index in [1.165, 1.54) is 11.1 Å². The van der Waals surface area contributed by atoms with E-state index in [2.05, 4.69) is 9.97 Å². The van der Waals surface area contributed by atoms with E-state index in [1.54, 1.807) is 20.0 Å². The average molecular weight is 230 g/mol. The molecule has 1 atom stereocenters. The summed E-state index contributed by atoms with van der Waals surface area (Å²) in [7, 11) is 1.63. The molecule has 0 fully saturated rings. The molecule has 0 amide bonds. The fraction of sp³-hybridized carbons (Fsp3) is 0.444. The number of nitrogens with zero attached hydrogens (tertiary/aromatic N) is 3. The Morgan fingerprint density at radius 1 is 1.73 bits per heavy atom. The molecule has 1 aromatic rings. The highest BCUT2D eigenvalue weighted by molar-refractivity contribution is 6.29. The van der Waals surface area contributed by atoms with Crippen LogP contribution in [0.4, 0.5) is 5.95 Å². The van der Waals surface area contributed by atoms with Crippen LogP contribution < -0.4 is 4.90 Å². The number of hydrogen-bond acceptors (Lipinski definition) is 4. The molecule has 1 unspecified atom stereocenters. The first kappa shape index (κ1) is 11.7. The monoisotopic (exact) mass is 229 g/mol. The third-order valence-electron chi connectivity index (χ3n) is 2.06. The topological polar surface area (TPSA) is 66.3 Å². The van der Waals surface area contributed by atoms with Crippen molar-refractivity contribution in [3.8, 4) is 0 Å². The van der Waals surface area contributed by atoms with Gasteiger partial charge in [0.1, 0.15) is 11.2 Å². The highest BCUT2D eigenvalue weighted by Gasteiger charge is 2.22. The summed E-state index contributed by atoms with van der Waals surface area (Å²) in [5.41, 5.74) is 0. The van der Waals surface area contributed by atoms with Crippen molar-refractivity contribution in [2.75, 3.05) is 11.9 Å². The van der Waals surface area contributed by atoms with Crippen molar-refractivity contribution in [3.63, 3.8) is 0 Å². The van der Waals surface area contributed by atoms with Crippen LogP contribution in [0.1, 0.15) is 13.3 Å². The summed E-state index contributed by atoms with van der Waals surface area (Å²) in [6.45, 7) is 1.79. The zero-order valence-electron chi connectivity index (χ0n) is 8.51. The van der Waals surface area contributed by atoms with Crippen molar-refractivity contribution in [3.05, 3.63) is 17.4 Å². The lowest BCUT2D eigenvalue weighted by atomic mass is 10.2. The Hall–Kier alpha value is -1.36. The molecule has 82 valence electrons. The largest absolute Gasteiger partial charge is 0.480 e. The first-order chi connectivity index (χ1) is 7.06. The molecular formula is C9H12ClN3O2. The van der Waals surface area contributed by atoms with Crippen LogP contribution in [0.5, 0.6) is 0 Å². The van der Waals surface area contributed by atoms with Crippen molar-refractivity contribution in [2.45, 2.75) is 19.4 Å². The fourth-order valence-electron chi connectivity index (χ4n) is 1.25. The average Bonchev–Trinajstić information content (AvgIpc) is 2.18. The Kier molecular flexibility index (Phi) is 3.85. The highest BCUT2D eigenvalue weighted by Crippen LogP contribution is 2.13. The van der Waals surface area contributed by atoms with Gasteiger partial charge in [0.15, 0.2) is 0 Å². The van der Waals surface area contributed by atoms with Gasteiger partial charge in [-0.25, -0.2) is 14.8 Å². The summed E-state index contributed by atoms with van der Waals surface area (Å²) in [6.07, 6.45) is 1.97. The quantitative estimate of drug-likeness (QED) is 0.792.